The first kappa shape index (κ1) is 19.1. The molecule has 0 radical (unpaired) electrons. The Morgan fingerprint density at radius 2 is 1.81 bits per heavy atom. The van der Waals surface area contributed by atoms with Crippen LogP contribution in [0.15, 0.2) is 54.9 Å². The molecule has 2 aromatic heterocycles. The van der Waals surface area contributed by atoms with Crippen LogP contribution in [0.3, 0.4) is 0 Å². The average Bonchev–Trinajstić information content (AvgIpc) is 2.66. The number of rotatable bonds is 6. The van der Waals surface area contributed by atoms with Crippen LogP contribution < -0.4 is 10.6 Å². The molecule has 3 aromatic rings. The van der Waals surface area contributed by atoms with Crippen LogP contribution in [-0.2, 0) is 6.42 Å². The zero-order chi connectivity index (χ0) is 19.2. The van der Waals surface area contributed by atoms with Gasteiger partial charge in [0.25, 0.3) is 5.91 Å². The summed E-state index contributed by atoms with van der Waals surface area (Å²) in [6.45, 7) is 2.53. The molecule has 3 rings (SSSR count). The number of aryl methyl sites for hydroxylation is 1. The zero-order valence-electron chi connectivity index (χ0n) is 14.7. The van der Waals surface area contributed by atoms with E-state index >= 15 is 0 Å². The Labute approximate surface area is 167 Å². The van der Waals surface area contributed by atoms with Gasteiger partial charge in [-0.25, -0.2) is 4.98 Å². The quantitative estimate of drug-likeness (QED) is 0.610. The number of nitrogens with zero attached hydrogens (tertiary/aromatic N) is 2. The fraction of sp³-hybridized carbons (Fsp3) is 0.150. The predicted octanol–water partition coefficient (Wildman–Crippen LogP) is 5.00. The molecule has 2 heterocycles. The molecule has 0 fully saturated rings. The van der Waals surface area contributed by atoms with Crippen molar-refractivity contribution in [3.8, 4) is 0 Å². The molecular weight excluding hydrogens is 383 g/mol. The maximum atomic E-state index is 12.7. The van der Waals surface area contributed by atoms with Crippen LogP contribution in [0.25, 0.3) is 0 Å². The van der Waals surface area contributed by atoms with Gasteiger partial charge in [-0.2, -0.15) is 0 Å². The number of benzene rings is 1. The third kappa shape index (κ3) is 5.18. The molecule has 0 spiro atoms. The fourth-order valence-corrected chi connectivity index (χ4v) is 2.82. The molecule has 2 N–H and O–H groups in total. The van der Waals surface area contributed by atoms with Crippen molar-refractivity contribution in [3.63, 3.8) is 0 Å². The molecule has 5 nitrogen and oxygen atoms in total. The summed E-state index contributed by atoms with van der Waals surface area (Å²) in [5, 5.41) is 6.89. The third-order valence-electron chi connectivity index (χ3n) is 3.91. The lowest BCUT2D eigenvalue weighted by Crippen LogP contribution is -2.17. The van der Waals surface area contributed by atoms with E-state index in [0.717, 1.165) is 17.7 Å². The number of anilines is 2. The Morgan fingerprint density at radius 1 is 1.04 bits per heavy atom. The Morgan fingerprint density at radius 3 is 2.56 bits per heavy atom. The number of hydrogen-bond donors (Lipinski definition) is 2. The van der Waals surface area contributed by atoms with Crippen molar-refractivity contribution in [3.05, 3.63) is 81.7 Å². The molecule has 1 aromatic carbocycles. The van der Waals surface area contributed by atoms with Crippen LogP contribution in [-0.4, -0.2) is 22.4 Å². The molecule has 0 unspecified atom stereocenters. The predicted molar refractivity (Wildman–Crippen MR) is 110 cm³/mol. The van der Waals surface area contributed by atoms with E-state index in [1.54, 1.807) is 42.7 Å². The van der Waals surface area contributed by atoms with Gasteiger partial charge in [-0.15, -0.1) is 0 Å². The van der Waals surface area contributed by atoms with Crippen LogP contribution in [0.1, 0.15) is 21.6 Å². The van der Waals surface area contributed by atoms with E-state index in [4.69, 9.17) is 23.2 Å². The van der Waals surface area contributed by atoms with E-state index in [2.05, 4.69) is 20.6 Å². The van der Waals surface area contributed by atoms with Gasteiger partial charge in [-0.05, 0) is 61.4 Å². The van der Waals surface area contributed by atoms with Crippen molar-refractivity contribution in [2.24, 2.45) is 0 Å². The van der Waals surface area contributed by atoms with E-state index < -0.39 is 0 Å². The maximum absolute atomic E-state index is 12.7. The molecule has 27 heavy (non-hydrogen) atoms. The summed E-state index contributed by atoms with van der Waals surface area (Å²) in [5.41, 5.74) is 3.01. The van der Waals surface area contributed by atoms with Gasteiger partial charge in [0.15, 0.2) is 0 Å². The lowest BCUT2D eigenvalue weighted by atomic mass is 10.2. The molecule has 0 atom stereocenters. The van der Waals surface area contributed by atoms with Crippen molar-refractivity contribution >= 4 is 40.6 Å². The average molecular weight is 401 g/mol. The second-order valence-electron chi connectivity index (χ2n) is 5.96. The number of carbonyl (C=O) groups is 1. The van der Waals surface area contributed by atoms with E-state index in [9.17, 15) is 4.79 Å². The van der Waals surface area contributed by atoms with Crippen molar-refractivity contribution in [1.82, 2.24) is 9.97 Å². The zero-order valence-corrected chi connectivity index (χ0v) is 16.2. The molecule has 7 heteroatoms. The molecule has 138 valence electrons. The van der Waals surface area contributed by atoms with E-state index in [-0.39, 0.29) is 5.91 Å². The lowest BCUT2D eigenvalue weighted by Gasteiger charge is -2.12. The molecule has 0 aliphatic heterocycles. The number of amides is 1. The standard InChI is InChI=1S/C20H18Cl2N4O/c1-13-2-4-16(20(27)26-15-3-5-17(21)18(22)12-15)19(25-13)24-11-8-14-6-9-23-10-7-14/h2-7,9-10,12H,8,11H2,1H3,(H,24,25)(H,26,27). The molecular formula is C20H18Cl2N4O. The van der Waals surface area contributed by atoms with Crippen LogP contribution >= 0.6 is 23.2 Å². The highest BCUT2D eigenvalue weighted by Gasteiger charge is 2.14. The van der Waals surface area contributed by atoms with Gasteiger partial charge in [0, 0.05) is 30.3 Å². The first-order valence-corrected chi connectivity index (χ1v) is 9.15. The summed E-state index contributed by atoms with van der Waals surface area (Å²) < 4.78 is 0. The van der Waals surface area contributed by atoms with Gasteiger partial charge in [-0.1, -0.05) is 23.2 Å². The van der Waals surface area contributed by atoms with Crippen LogP contribution in [0.2, 0.25) is 10.0 Å². The summed E-state index contributed by atoms with van der Waals surface area (Å²) in [6.07, 6.45) is 4.32. The smallest absolute Gasteiger partial charge is 0.259 e. The first-order valence-electron chi connectivity index (χ1n) is 8.40. The maximum Gasteiger partial charge on any atom is 0.259 e. The topological polar surface area (TPSA) is 66.9 Å². The first-order chi connectivity index (χ1) is 13.0. The molecule has 0 saturated heterocycles. The van der Waals surface area contributed by atoms with Crippen LogP contribution in [0.4, 0.5) is 11.5 Å². The number of hydrogen-bond acceptors (Lipinski definition) is 4. The van der Waals surface area contributed by atoms with E-state index in [1.807, 2.05) is 19.1 Å². The minimum absolute atomic E-state index is 0.271. The Hall–Kier alpha value is -2.63. The van der Waals surface area contributed by atoms with Crippen molar-refractivity contribution in [2.45, 2.75) is 13.3 Å². The van der Waals surface area contributed by atoms with Crippen LogP contribution in [0.5, 0.6) is 0 Å². The molecule has 0 aliphatic carbocycles. The van der Waals surface area contributed by atoms with Gasteiger partial charge in [0.05, 0.1) is 15.6 Å². The second-order valence-corrected chi connectivity index (χ2v) is 6.78. The number of halogens is 2. The number of pyridine rings is 2. The largest absolute Gasteiger partial charge is 0.369 e. The van der Waals surface area contributed by atoms with E-state index in [1.165, 1.54) is 0 Å². The SMILES string of the molecule is Cc1ccc(C(=O)Nc2ccc(Cl)c(Cl)c2)c(NCCc2ccncc2)n1. The number of carbonyl (C=O) groups excluding carboxylic acids is 1. The molecule has 0 bridgehead atoms. The summed E-state index contributed by atoms with van der Waals surface area (Å²) in [5.74, 6) is 0.272. The minimum atomic E-state index is -0.271. The highest BCUT2D eigenvalue weighted by Crippen LogP contribution is 2.25. The monoisotopic (exact) mass is 400 g/mol. The van der Waals surface area contributed by atoms with Crippen molar-refractivity contribution in [2.75, 3.05) is 17.2 Å². The Bertz CT molecular complexity index is 948. The third-order valence-corrected chi connectivity index (χ3v) is 4.65. The summed E-state index contributed by atoms with van der Waals surface area (Å²) >= 11 is 11.9. The summed E-state index contributed by atoms with van der Waals surface area (Å²) in [7, 11) is 0. The summed E-state index contributed by atoms with van der Waals surface area (Å²) in [4.78, 5) is 21.2. The lowest BCUT2D eigenvalue weighted by molar-refractivity contribution is 0.102. The van der Waals surface area contributed by atoms with Gasteiger partial charge >= 0.3 is 0 Å². The minimum Gasteiger partial charge on any atom is -0.369 e. The fourth-order valence-electron chi connectivity index (χ4n) is 2.52. The van der Waals surface area contributed by atoms with E-state index in [0.29, 0.717) is 33.7 Å². The number of aromatic nitrogens is 2. The summed E-state index contributed by atoms with van der Waals surface area (Å²) in [6, 6.07) is 12.4. The number of nitrogens with one attached hydrogen (secondary N) is 2. The van der Waals surface area contributed by atoms with Gasteiger partial charge in [-0.3, -0.25) is 9.78 Å². The van der Waals surface area contributed by atoms with Gasteiger partial charge in [0.2, 0.25) is 0 Å². The normalized spacial score (nSPS) is 10.5. The van der Waals surface area contributed by atoms with Gasteiger partial charge in [0.1, 0.15) is 5.82 Å². The molecule has 1 amide bonds. The second kappa shape index (κ2) is 8.84. The Kier molecular flexibility index (Phi) is 6.27. The van der Waals surface area contributed by atoms with Crippen LogP contribution in [0, 0.1) is 6.92 Å². The Balaban J connectivity index is 1.72. The highest BCUT2D eigenvalue weighted by molar-refractivity contribution is 6.42. The molecule has 0 aliphatic rings. The van der Waals surface area contributed by atoms with Crippen molar-refractivity contribution < 1.29 is 4.79 Å². The molecule has 0 saturated carbocycles. The van der Waals surface area contributed by atoms with Crippen molar-refractivity contribution in [1.29, 1.82) is 0 Å². The van der Waals surface area contributed by atoms with Gasteiger partial charge < -0.3 is 10.6 Å². The highest BCUT2D eigenvalue weighted by atomic mass is 35.5.